The van der Waals surface area contributed by atoms with Crippen LogP contribution in [0.1, 0.15) is 438 Å². The third kappa shape index (κ3) is 67.7. The van der Waals surface area contributed by atoms with Crippen molar-refractivity contribution in [3.8, 4) is 0 Å². The van der Waals surface area contributed by atoms with E-state index in [0.717, 1.165) is 44.9 Å². The first-order valence-corrected chi connectivity index (χ1v) is 37.9. The van der Waals surface area contributed by atoms with Crippen molar-refractivity contribution in [2.75, 3.05) is 13.2 Å². The molecule has 82 heavy (non-hydrogen) atoms. The fourth-order valence-corrected chi connectivity index (χ4v) is 12.3. The Morgan fingerprint density at radius 2 is 0.573 bits per heavy atom. The first-order chi connectivity index (χ1) is 40.5. The highest BCUT2D eigenvalue weighted by Crippen LogP contribution is 2.20. The number of esters is 1. The number of amides is 1. The van der Waals surface area contributed by atoms with Gasteiger partial charge in [0.15, 0.2) is 0 Å². The molecule has 0 aliphatic carbocycles. The van der Waals surface area contributed by atoms with Gasteiger partial charge in [-0.3, -0.25) is 9.59 Å². The van der Waals surface area contributed by atoms with Gasteiger partial charge in [0.05, 0.1) is 25.4 Å². The summed E-state index contributed by atoms with van der Waals surface area (Å²) in [7, 11) is 0. The Morgan fingerprint density at radius 1 is 0.329 bits per heavy atom. The predicted molar refractivity (Wildman–Crippen MR) is 361 cm³/mol. The summed E-state index contributed by atoms with van der Waals surface area (Å²) in [5.74, 6) is -0.0118. The summed E-state index contributed by atoms with van der Waals surface area (Å²) in [6.45, 7) is 4.99. The summed E-state index contributed by atoms with van der Waals surface area (Å²) >= 11 is 0. The van der Waals surface area contributed by atoms with Gasteiger partial charge in [0, 0.05) is 12.8 Å². The average molecular weight is 1160 g/mol. The number of carbonyl (C=O) groups excluding carboxylic acids is 2. The Labute approximate surface area is 514 Å². The fourth-order valence-electron chi connectivity index (χ4n) is 12.3. The molecule has 0 aliphatic heterocycles. The molecule has 0 spiro atoms. The molecule has 1 amide bonds. The molecular weight excluding hydrogens is 1010 g/mol. The standard InChI is InChI=1S/C76H149NO5/c1-3-5-7-9-11-13-15-17-19-20-35-38-41-44-48-52-56-60-64-68-74(79)73(72-78)77-75(80)69-65-61-57-53-49-45-42-39-36-33-31-29-27-25-23-21-22-24-26-28-30-32-34-37-40-43-47-51-55-59-63-67-71-82-76(81)70-66-62-58-54-50-46-18-16-14-12-10-8-6-4-2/h16,18,73-74,78-79H,3-15,17,19-72H2,1-2H3,(H,77,80)/b18-16-. The van der Waals surface area contributed by atoms with Crippen LogP contribution in [0.15, 0.2) is 12.2 Å². The third-order valence-corrected chi connectivity index (χ3v) is 18.1. The van der Waals surface area contributed by atoms with E-state index < -0.39 is 12.1 Å². The third-order valence-electron chi connectivity index (χ3n) is 18.1. The minimum absolute atomic E-state index is 0.0137. The van der Waals surface area contributed by atoms with Gasteiger partial charge in [-0.15, -0.1) is 0 Å². The largest absolute Gasteiger partial charge is 0.466 e. The molecule has 6 nitrogen and oxygen atoms in total. The van der Waals surface area contributed by atoms with E-state index in [9.17, 15) is 19.8 Å². The number of hydrogen-bond acceptors (Lipinski definition) is 5. The van der Waals surface area contributed by atoms with Crippen LogP contribution in [0.5, 0.6) is 0 Å². The average Bonchev–Trinajstić information content (AvgIpc) is 3.48. The van der Waals surface area contributed by atoms with Gasteiger partial charge in [0.1, 0.15) is 0 Å². The van der Waals surface area contributed by atoms with Gasteiger partial charge in [-0.05, 0) is 51.4 Å². The van der Waals surface area contributed by atoms with E-state index in [1.54, 1.807) is 0 Å². The molecule has 0 aromatic rings. The molecule has 0 aromatic carbocycles. The first kappa shape index (κ1) is 80.6. The molecule has 2 unspecified atom stereocenters. The zero-order valence-corrected chi connectivity index (χ0v) is 56.0. The van der Waals surface area contributed by atoms with E-state index in [1.807, 2.05) is 0 Å². The van der Waals surface area contributed by atoms with Crippen molar-refractivity contribution in [1.29, 1.82) is 0 Å². The molecular formula is C76H149NO5. The summed E-state index contributed by atoms with van der Waals surface area (Å²) < 4.78 is 5.49. The summed E-state index contributed by atoms with van der Waals surface area (Å²) in [4.78, 5) is 24.6. The molecule has 0 aromatic heterocycles. The Morgan fingerprint density at radius 3 is 0.866 bits per heavy atom. The molecule has 0 saturated heterocycles. The van der Waals surface area contributed by atoms with Crippen LogP contribution in [0.2, 0.25) is 0 Å². The summed E-state index contributed by atoms with van der Waals surface area (Å²) in [6.07, 6.45) is 90.0. The number of aliphatic hydroxyl groups excluding tert-OH is 2. The maximum Gasteiger partial charge on any atom is 0.305 e. The zero-order valence-electron chi connectivity index (χ0n) is 56.0. The van der Waals surface area contributed by atoms with Crippen LogP contribution in [0.25, 0.3) is 0 Å². The van der Waals surface area contributed by atoms with Gasteiger partial charge >= 0.3 is 5.97 Å². The van der Waals surface area contributed by atoms with E-state index in [2.05, 4.69) is 31.3 Å². The summed E-state index contributed by atoms with van der Waals surface area (Å²) in [5.41, 5.74) is 0. The normalized spacial score (nSPS) is 12.5. The number of carbonyl (C=O) groups is 2. The molecule has 6 heteroatoms. The molecule has 0 aliphatic rings. The van der Waals surface area contributed by atoms with Crippen molar-refractivity contribution >= 4 is 11.9 Å². The van der Waals surface area contributed by atoms with E-state index in [-0.39, 0.29) is 18.5 Å². The number of ether oxygens (including phenoxy) is 1. The number of hydrogen-bond donors (Lipinski definition) is 3. The minimum Gasteiger partial charge on any atom is -0.466 e. The zero-order chi connectivity index (χ0) is 59.2. The van der Waals surface area contributed by atoms with Gasteiger partial charge in [0.2, 0.25) is 5.91 Å². The Hall–Kier alpha value is -1.40. The highest BCUT2D eigenvalue weighted by atomic mass is 16.5. The molecule has 0 radical (unpaired) electrons. The summed E-state index contributed by atoms with van der Waals surface area (Å²) in [6, 6.07) is -0.538. The van der Waals surface area contributed by atoms with Crippen molar-refractivity contribution in [3.63, 3.8) is 0 Å². The van der Waals surface area contributed by atoms with Gasteiger partial charge in [-0.2, -0.15) is 0 Å². The number of unbranched alkanes of at least 4 members (excludes halogenated alkanes) is 59. The lowest BCUT2D eigenvalue weighted by Crippen LogP contribution is -2.45. The van der Waals surface area contributed by atoms with E-state index in [1.165, 1.54) is 360 Å². The van der Waals surface area contributed by atoms with Crippen molar-refractivity contribution in [2.45, 2.75) is 450 Å². The molecule has 3 N–H and O–H groups in total. The molecule has 488 valence electrons. The Balaban J connectivity index is 3.32. The maximum absolute atomic E-state index is 12.5. The molecule has 0 bridgehead atoms. The van der Waals surface area contributed by atoms with Crippen molar-refractivity contribution in [2.24, 2.45) is 0 Å². The second-order valence-corrected chi connectivity index (χ2v) is 26.3. The molecule has 0 saturated carbocycles. The number of allylic oxidation sites excluding steroid dienone is 2. The number of nitrogens with one attached hydrogen (secondary N) is 1. The quantitative estimate of drug-likeness (QED) is 0.0320. The van der Waals surface area contributed by atoms with E-state index in [4.69, 9.17) is 4.74 Å². The fraction of sp³-hybridized carbons (Fsp3) is 0.947. The van der Waals surface area contributed by atoms with E-state index in [0.29, 0.717) is 25.9 Å². The van der Waals surface area contributed by atoms with Crippen LogP contribution in [0, 0.1) is 0 Å². The van der Waals surface area contributed by atoms with Crippen molar-refractivity contribution in [1.82, 2.24) is 5.32 Å². The van der Waals surface area contributed by atoms with Gasteiger partial charge in [-0.25, -0.2) is 0 Å². The highest BCUT2D eigenvalue weighted by Gasteiger charge is 2.20. The lowest BCUT2D eigenvalue weighted by Gasteiger charge is -2.22. The maximum atomic E-state index is 12.5. The van der Waals surface area contributed by atoms with Crippen LogP contribution in [0.4, 0.5) is 0 Å². The van der Waals surface area contributed by atoms with Gasteiger partial charge in [-0.1, -0.05) is 386 Å². The molecule has 0 rings (SSSR count). The van der Waals surface area contributed by atoms with Gasteiger partial charge < -0.3 is 20.3 Å². The van der Waals surface area contributed by atoms with Crippen LogP contribution in [-0.4, -0.2) is 47.4 Å². The smallest absolute Gasteiger partial charge is 0.305 e. The number of aliphatic hydroxyl groups is 2. The second-order valence-electron chi connectivity index (χ2n) is 26.3. The molecule has 0 heterocycles. The SMILES string of the molecule is CCCCCCC/C=C\CCCCCCCC(=O)OCCCCCCCCCCCCCCCCCCCCCCCCCCCCCCCCCCC(=O)NC(CO)C(O)CCCCCCCCCCCCCCCCCCCCC. The highest BCUT2D eigenvalue weighted by molar-refractivity contribution is 5.76. The lowest BCUT2D eigenvalue weighted by molar-refractivity contribution is -0.143. The molecule has 0 fully saturated rings. The van der Waals surface area contributed by atoms with Gasteiger partial charge in [0.25, 0.3) is 0 Å². The predicted octanol–water partition coefficient (Wildman–Crippen LogP) is 24.7. The van der Waals surface area contributed by atoms with Crippen LogP contribution in [-0.2, 0) is 14.3 Å². The number of rotatable bonds is 72. The molecule has 2 atom stereocenters. The monoisotopic (exact) mass is 1160 g/mol. The van der Waals surface area contributed by atoms with E-state index >= 15 is 0 Å². The van der Waals surface area contributed by atoms with Crippen LogP contribution in [0.3, 0.4) is 0 Å². The Bertz CT molecular complexity index is 1240. The van der Waals surface area contributed by atoms with Crippen LogP contribution < -0.4 is 5.32 Å². The second kappa shape index (κ2) is 72.1. The van der Waals surface area contributed by atoms with Crippen LogP contribution >= 0.6 is 0 Å². The lowest BCUT2D eigenvalue weighted by atomic mass is 10.0. The van der Waals surface area contributed by atoms with Crippen molar-refractivity contribution in [3.05, 3.63) is 12.2 Å². The first-order valence-electron chi connectivity index (χ1n) is 37.9. The Kier molecular flexibility index (Phi) is 70.8. The minimum atomic E-state index is -0.661. The topological polar surface area (TPSA) is 95.9 Å². The van der Waals surface area contributed by atoms with Crippen molar-refractivity contribution < 1.29 is 24.5 Å². The summed E-state index contributed by atoms with van der Waals surface area (Å²) in [5, 5.41) is 23.4.